The van der Waals surface area contributed by atoms with E-state index in [-0.39, 0.29) is 5.91 Å². The van der Waals surface area contributed by atoms with Crippen molar-refractivity contribution in [3.05, 3.63) is 85.3 Å². The van der Waals surface area contributed by atoms with Crippen molar-refractivity contribution >= 4 is 34.4 Å². The van der Waals surface area contributed by atoms with Gasteiger partial charge in [-0.15, -0.1) is 0 Å². The standard InChI is InChI=1S/C24H22N6O2/c1-2-20(31)30(18-6-4-3-5-7-18)13-12-29-14-19(21-22(25)27-15-28-24(21)29)16-8-10-17(11-9-16)23(26)32/h2-11,14-15H,1,12-13H2,(H2,26,32)(H2,25,27,28). The van der Waals surface area contributed by atoms with Gasteiger partial charge in [-0.25, -0.2) is 9.97 Å². The number of anilines is 2. The molecule has 2 heterocycles. The highest BCUT2D eigenvalue weighted by Crippen LogP contribution is 2.32. The third-order valence-electron chi connectivity index (χ3n) is 5.24. The van der Waals surface area contributed by atoms with E-state index in [4.69, 9.17) is 11.5 Å². The second-order valence-corrected chi connectivity index (χ2v) is 7.16. The number of para-hydroxylation sites is 1. The average molecular weight is 426 g/mol. The van der Waals surface area contributed by atoms with Gasteiger partial charge in [0.25, 0.3) is 0 Å². The van der Waals surface area contributed by atoms with Crippen molar-refractivity contribution in [2.45, 2.75) is 6.54 Å². The normalized spacial score (nSPS) is 10.8. The molecule has 2 amide bonds. The first-order chi connectivity index (χ1) is 15.5. The Kier molecular flexibility index (Phi) is 5.67. The van der Waals surface area contributed by atoms with Crippen LogP contribution in [0.25, 0.3) is 22.2 Å². The van der Waals surface area contributed by atoms with E-state index in [0.717, 1.165) is 16.8 Å². The first-order valence-corrected chi connectivity index (χ1v) is 9.98. The van der Waals surface area contributed by atoms with Crippen molar-refractivity contribution < 1.29 is 9.59 Å². The summed E-state index contributed by atoms with van der Waals surface area (Å²) in [5.41, 5.74) is 15.1. The van der Waals surface area contributed by atoms with Crippen LogP contribution in [0, 0.1) is 0 Å². The van der Waals surface area contributed by atoms with Gasteiger partial charge in [0.1, 0.15) is 17.8 Å². The third-order valence-corrected chi connectivity index (χ3v) is 5.24. The molecule has 2 aromatic carbocycles. The Morgan fingerprint density at radius 3 is 2.44 bits per heavy atom. The number of nitrogen functional groups attached to an aromatic ring is 1. The molecule has 0 aliphatic heterocycles. The molecule has 0 saturated heterocycles. The summed E-state index contributed by atoms with van der Waals surface area (Å²) in [6.45, 7) is 4.50. The number of hydrogen-bond donors (Lipinski definition) is 2. The highest BCUT2D eigenvalue weighted by atomic mass is 16.2. The zero-order valence-electron chi connectivity index (χ0n) is 17.3. The van der Waals surface area contributed by atoms with Gasteiger partial charge < -0.3 is 20.9 Å². The SMILES string of the molecule is C=CC(=O)N(CCn1cc(-c2ccc(C(N)=O)cc2)c2c(N)ncnc21)c1ccccc1. The maximum Gasteiger partial charge on any atom is 0.250 e. The summed E-state index contributed by atoms with van der Waals surface area (Å²) < 4.78 is 1.94. The minimum absolute atomic E-state index is 0.191. The predicted octanol–water partition coefficient (Wildman–Crippen LogP) is 3.00. The number of benzene rings is 2. The topological polar surface area (TPSA) is 120 Å². The van der Waals surface area contributed by atoms with Gasteiger partial charge in [-0.1, -0.05) is 36.9 Å². The number of primary amides is 1. The quantitative estimate of drug-likeness (QED) is 0.440. The average Bonchev–Trinajstić information content (AvgIpc) is 3.19. The lowest BCUT2D eigenvalue weighted by molar-refractivity contribution is -0.114. The number of carbonyl (C=O) groups is 2. The van der Waals surface area contributed by atoms with Crippen molar-refractivity contribution in [3.8, 4) is 11.1 Å². The largest absolute Gasteiger partial charge is 0.383 e. The fourth-order valence-corrected chi connectivity index (χ4v) is 3.64. The second-order valence-electron chi connectivity index (χ2n) is 7.16. The molecule has 8 nitrogen and oxygen atoms in total. The monoisotopic (exact) mass is 426 g/mol. The van der Waals surface area contributed by atoms with E-state index in [0.29, 0.717) is 35.5 Å². The summed E-state index contributed by atoms with van der Waals surface area (Å²) in [7, 11) is 0. The van der Waals surface area contributed by atoms with Gasteiger partial charge in [0, 0.05) is 36.1 Å². The zero-order valence-corrected chi connectivity index (χ0v) is 17.3. The lowest BCUT2D eigenvalue weighted by atomic mass is 10.0. The minimum atomic E-state index is -0.491. The molecule has 0 unspecified atom stereocenters. The molecule has 8 heteroatoms. The van der Waals surface area contributed by atoms with E-state index < -0.39 is 5.91 Å². The predicted molar refractivity (Wildman–Crippen MR) is 125 cm³/mol. The molecular formula is C24H22N6O2. The van der Waals surface area contributed by atoms with Crippen LogP contribution in [0.4, 0.5) is 11.5 Å². The molecule has 2 aromatic heterocycles. The number of nitrogens with two attached hydrogens (primary N) is 2. The highest BCUT2D eigenvalue weighted by molar-refractivity contribution is 6.02. The fraction of sp³-hybridized carbons (Fsp3) is 0.0833. The van der Waals surface area contributed by atoms with E-state index in [1.165, 1.54) is 12.4 Å². The van der Waals surface area contributed by atoms with Crippen molar-refractivity contribution in [3.63, 3.8) is 0 Å². The second kappa shape index (κ2) is 8.73. The zero-order chi connectivity index (χ0) is 22.7. The summed E-state index contributed by atoms with van der Waals surface area (Å²) in [4.78, 5) is 34.1. The van der Waals surface area contributed by atoms with Crippen molar-refractivity contribution in [2.24, 2.45) is 5.73 Å². The molecular weight excluding hydrogens is 404 g/mol. The molecule has 0 aliphatic rings. The third kappa shape index (κ3) is 3.93. The number of fused-ring (bicyclic) bond motifs is 1. The number of nitrogens with zero attached hydrogens (tertiary/aromatic N) is 4. The Labute approximate surface area is 184 Å². The number of carbonyl (C=O) groups excluding carboxylic acids is 2. The Morgan fingerprint density at radius 2 is 1.78 bits per heavy atom. The molecule has 32 heavy (non-hydrogen) atoms. The lowest BCUT2D eigenvalue weighted by Gasteiger charge is -2.21. The van der Waals surface area contributed by atoms with E-state index >= 15 is 0 Å². The summed E-state index contributed by atoms with van der Waals surface area (Å²) in [5.74, 6) is -0.330. The maximum atomic E-state index is 12.5. The number of aromatic nitrogens is 3. The van der Waals surface area contributed by atoms with Gasteiger partial charge in [-0.3, -0.25) is 9.59 Å². The number of hydrogen-bond acceptors (Lipinski definition) is 5. The molecule has 0 radical (unpaired) electrons. The molecule has 4 N–H and O–H groups in total. The molecule has 0 fully saturated rings. The van der Waals surface area contributed by atoms with Crippen LogP contribution in [0.15, 0.2) is 79.8 Å². The van der Waals surface area contributed by atoms with Crippen LogP contribution in [0.5, 0.6) is 0 Å². The van der Waals surface area contributed by atoms with Crippen LogP contribution < -0.4 is 16.4 Å². The van der Waals surface area contributed by atoms with Crippen LogP contribution in [-0.2, 0) is 11.3 Å². The molecule has 0 aliphatic carbocycles. The molecule has 0 spiro atoms. The van der Waals surface area contributed by atoms with E-state index in [2.05, 4.69) is 16.5 Å². The fourth-order valence-electron chi connectivity index (χ4n) is 3.64. The van der Waals surface area contributed by atoms with E-state index in [9.17, 15) is 9.59 Å². The maximum absolute atomic E-state index is 12.5. The Hall–Kier alpha value is -4.46. The van der Waals surface area contributed by atoms with Crippen molar-refractivity contribution in [1.82, 2.24) is 14.5 Å². The van der Waals surface area contributed by atoms with Gasteiger partial charge in [-0.05, 0) is 35.9 Å². The summed E-state index contributed by atoms with van der Waals surface area (Å²) in [5, 5.41) is 0.709. The Balaban J connectivity index is 1.72. The lowest BCUT2D eigenvalue weighted by Crippen LogP contribution is -2.32. The first kappa shape index (κ1) is 20.8. The molecule has 160 valence electrons. The molecule has 0 saturated carbocycles. The van der Waals surface area contributed by atoms with Crippen LogP contribution in [-0.4, -0.2) is 32.9 Å². The number of amides is 2. The first-order valence-electron chi connectivity index (χ1n) is 9.98. The van der Waals surface area contributed by atoms with Gasteiger partial charge in [0.05, 0.1) is 5.39 Å². The molecule has 4 rings (SSSR count). The molecule has 0 bridgehead atoms. The van der Waals surface area contributed by atoms with Gasteiger partial charge in [0.15, 0.2) is 0 Å². The molecule has 0 atom stereocenters. The van der Waals surface area contributed by atoms with Crippen LogP contribution in [0.2, 0.25) is 0 Å². The van der Waals surface area contributed by atoms with Crippen molar-refractivity contribution in [1.29, 1.82) is 0 Å². The Bertz CT molecular complexity index is 1300. The summed E-state index contributed by atoms with van der Waals surface area (Å²) in [6, 6.07) is 16.4. The van der Waals surface area contributed by atoms with Crippen LogP contribution >= 0.6 is 0 Å². The minimum Gasteiger partial charge on any atom is -0.383 e. The van der Waals surface area contributed by atoms with Crippen molar-refractivity contribution in [2.75, 3.05) is 17.2 Å². The summed E-state index contributed by atoms with van der Waals surface area (Å²) >= 11 is 0. The highest BCUT2D eigenvalue weighted by Gasteiger charge is 2.18. The number of rotatable bonds is 7. The van der Waals surface area contributed by atoms with E-state index in [1.54, 1.807) is 17.0 Å². The van der Waals surface area contributed by atoms with Crippen LogP contribution in [0.1, 0.15) is 10.4 Å². The van der Waals surface area contributed by atoms with Gasteiger partial charge >= 0.3 is 0 Å². The Morgan fingerprint density at radius 1 is 1.06 bits per heavy atom. The smallest absolute Gasteiger partial charge is 0.250 e. The van der Waals surface area contributed by atoms with Gasteiger partial charge in [0.2, 0.25) is 11.8 Å². The summed E-state index contributed by atoms with van der Waals surface area (Å²) in [6.07, 6.45) is 4.64. The van der Waals surface area contributed by atoms with E-state index in [1.807, 2.05) is 53.2 Å². The molecule has 4 aromatic rings. The van der Waals surface area contributed by atoms with Crippen LogP contribution in [0.3, 0.4) is 0 Å². The van der Waals surface area contributed by atoms with Gasteiger partial charge in [-0.2, -0.15) is 0 Å².